The van der Waals surface area contributed by atoms with Crippen LogP contribution in [0.3, 0.4) is 0 Å². The van der Waals surface area contributed by atoms with E-state index in [0.29, 0.717) is 28.1 Å². The van der Waals surface area contributed by atoms with Gasteiger partial charge in [-0.05, 0) is 24.3 Å². The second-order valence-corrected chi connectivity index (χ2v) is 7.01. The van der Waals surface area contributed by atoms with Crippen LogP contribution in [0.2, 0.25) is 0 Å². The Morgan fingerprint density at radius 3 is 2.58 bits per heavy atom. The molecule has 0 radical (unpaired) electrons. The van der Waals surface area contributed by atoms with Crippen LogP contribution in [0.15, 0.2) is 61.4 Å². The van der Waals surface area contributed by atoms with E-state index < -0.39 is 34.5 Å². The number of amides is 1. The molecule has 11 heteroatoms. The number of aromatic amines is 1. The quantitative estimate of drug-likeness (QED) is 0.400. The number of pyridine rings is 1. The Bertz CT molecular complexity index is 1530. The maximum Gasteiger partial charge on any atom is 0.251 e. The lowest BCUT2D eigenvalue weighted by Crippen LogP contribution is -2.17. The fourth-order valence-corrected chi connectivity index (χ4v) is 3.41. The molecule has 0 spiro atoms. The number of aromatic nitrogens is 6. The molecule has 0 aliphatic carbocycles. The van der Waals surface area contributed by atoms with Crippen LogP contribution in [0.1, 0.15) is 26.3 Å². The first-order valence-corrected chi connectivity index (χ1v) is 9.56. The van der Waals surface area contributed by atoms with E-state index in [0.717, 1.165) is 12.1 Å². The first-order chi connectivity index (χ1) is 15.9. The number of nitrogens with zero attached hydrogens (tertiary/aromatic N) is 5. The van der Waals surface area contributed by atoms with Crippen LogP contribution >= 0.6 is 0 Å². The van der Waals surface area contributed by atoms with Crippen LogP contribution in [-0.2, 0) is 0 Å². The molecule has 0 aliphatic rings. The molecule has 0 unspecified atom stereocenters. The fourth-order valence-electron chi connectivity index (χ4n) is 3.41. The SMILES string of the molecule is NC(=O)c1ccc(F)c(C(=O)c2c[nH]c3ncc(-c4cnc(-n5cccn5)cn4)cc23)c1F. The van der Waals surface area contributed by atoms with Crippen LogP contribution < -0.4 is 5.73 Å². The summed E-state index contributed by atoms with van der Waals surface area (Å²) in [6, 6.07) is 5.08. The molecule has 0 saturated carbocycles. The van der Waals surface area contributed by atoms with Crippen LogP contribution in [-0.4, -0.2) is 41.4 Å². The van der Waals surface area contributed by atoms with E-state index in [1.807, 2.05) is 0 Å². The standard InChI is InChI=1S/C22H13F2N7O2/c23-15-3-2-12(21(25)33)19(24)18(15)20(32)14-8-29-22-13(14)6-11(7-28-22)16-9-27-17(10-26-16)31-5-1-4-30-31/h1-10H,(H2,25,33)(H,28,29). The minimum atomic E-state index is -1.31. The van der Waals surface area contributed by atoms with Gasteiger partial charge in [-0.1, -0.05) is 0 Å². The predicted molar refractivity (Wildman–Crippen MR) is 113 cm³/mol. The third-order valence-electron chi connectivity index (χ3n) is 5.03. The Kier molecular flexibility index (Phi) is 4.70. The summed E-state index contributed by atoms with van der Waals surface area (Å²) in [6.45, 7) is 0. The molecule has 5 rings (SSSR count). The van der Waals surface area contributed by atoms with Gasteiger partial charge in [0.25, 0.3) is 5.91 Å². The maximum atomic E-state index is 14.7. The average molecular weight is 445 g/mol. The van der Waals surface area contributed by atoms with Gasteiger partial charge in [-0.15, -0.1) is 0 Å². The number of primary amides is 1. The summed E-state index contributed by atoms with van der Waals surface area (Å²) >= 11 is 0. The number of rotatable bonds is 5. The Morgan fingerprint density at radius 2 is 1.88 bits per heavy atom. The number of hydrogen-bond acceptors (Lipinski definition) is 6. The number of carbonyl (C=O) groups excluding carboxylic acids is 2. The summed E-state index contributed by atoms with van der Waals surface area (Å²) in [5, 5.41) is 4.40. The van der Waals surface area contributed by atoms with Crippen LogP contribution in [0.25, 0.3) is 28.1 Å². The number of halogens is 2. The summed E-state index contributed by atoms with van der Waals surface area (Å²) in [5.74, 6) is -3.98. The Balaban J connectivity index is 1.57. The van der Waals surface area contributed by atoms with Gasteiger partial charge in [0.2, 0.25) is 5.78 Å². The topological polar surface area (TPSA) is 132 Å². The largest absolute Gasteiger partial charge is 0.366 e. The Labute approximate surface area is 183 Å². The number of benzene rings is 1. The van der Waals surface area contributed by atoms with Gasteiger partial charge in [-0.3, -0.25) is 14.6 Å². The molecule has 162 valence electrons. The van der Waals surface area contributed by atoms with Crippen LogP contribution in [0.4, 0.5) is 8.78 Å². The molecular weight excluding hydrogens is 432 g/mol. The van der Waals surface area contributed by atoms with Crippen LogP contribution in [0, 0.1) is 11.6 Å². The number of ketones is 1. The van der Waals surface area contributed by atoms with E-state index >= 15 is 0 Å². The summed E-state index contributed by atoms with van der Waals surface area (Å²) in [5.41, 5.74) is 4.97. The van der Waals surface area contributed by atoms with Gasteiger partial charge in [-0.25, -0.2) is 23.4 Å². The number of hydrogen-bond donors (Lipinski definition) is 2. The highest BCUT2D eigenvalue weighted by atomic mass is 19.1. The van der Waals surface area contributed by atoms with Gasteiger partial charge in [0.1, 0.15) is 17.3 Å². The first kappa shape index (κ1) is 20.1. The number of nitrogens with two attached hydrogens (primary N) is 1. The molecule has 5 aromatic rings. The lowest BCUT2D eigenvalue weighted by atomic mass is 9.99. The second-order valence-electron chi connectivity index (χ2n) is 7.01. The smallest absolute Gasteiger partial charge is 0.251 e. The molecule has 0 atom stereocenters. The summed E-state index contributed by atoms with van der Waals surface area (Å²) in [4.78, 5) is 40.2. The van der Waals surface area contributed by atoms with Crippen molar-refractivity contribution in [1.82, 2.24) is 29.7 Å². The summed E-state index contributed by atoms with van der Waals surface area (Å²) in [7, 11) is 0. The van der Waals surface area contributed by atoms with Crippen molar-refractivity contribution in [2.45, 2.75) is 0 Å². The second kappa shape index (κ2) is 7.71. The van der Waals surface area contributed by atoms with Crippen molar-refractivity contribution in [3.05, 3.63) is 89.8 Å². The lowest BCUT2D eigenvalue weighted by Gasteiger charge is -2.07. The summed E-state index contributed by atoms with van der Waals surface area (Å²) < 4.78 is 30.6. The molecule has 3 N–H and O–H groups in total. The van der Waals surface area contributed by atoms with E-state index in [4.69, 9.17) is 5.73 Å². The Hall–Kier alpha value is -4.80. The maximum absolute atomic E-state index is 14.7. The van der Waals surface area contributed by atoms with Crippen molar-refractivity contribution in [3.63, 3.8) is 0 Å². The molecular formula is C22H13F2N7O2. The molecule has 0 fully saturated rings. The zero-order valence-electron chi connectivity index (χ0n) is 16.7. The molecule has 0 aliphatic heterocycles. The number of fused-ring (bicyclic) bond motifs is 1. The minimum Gasteiger partial charge on any atom is -0.366 e. The normalized spacial score (nSPS) is 11.1. The zero-order valence-corrected chi connectivity index (χ0v) is 16.7. The average Bonchev–Trinajstić information content (AvgIpc) is 3.49. The van der Waals surface area contributed by atoms with E-state index in [2.05, 4.69) is 25.0 Å². The highest BCUT2D eigenvalue weighted by Crippen LogP contribution is 2.27. The molecule has 1 aromatic carbocycles. The highest BCUT2D eigenvalue weighted by molar-refractivity contribution is 6.17. The first-order valence-electron chi connectivity index (χ1n) is 9.56. The third kappa shape index (κ3) is 3.41. The highest BCUT2D eigenvalue weighted by Gasteiger charge is 2.26. The van der Waals surface area contributed by atoms with Crippen molar-refractivity contribution < 1.29 is 18.4 Å². The van der Waals surface area contributed by atoms with Crippen molar-refractivity contribution in [3.8, 4) is 17.1 Å². The fraction of sp³-hybridized carbons (Fsp3) is 0. The molecule has 1 amide bonds. The number of H-pyrrole nitrogens is 1. The van der Waals surface area contributed by atoms with Crippen molar-refractivity contribution in [1.29, 1.82) is 0 Å². The van der Waals surface area contributed by atoms with E-state index in [1.54, 1.807) is 29.2 Å². The predicted octanol–water partition coefficient (Wildman–Crippen LogP) is 2.81. The third-order valence-corrected chi connectivity index (χ3v) is 5.03. The molecule has 0 saturated heterocycles. The van der Waals surface area contributed by atoms with Crippen molar-refractivity contribution in [2.24, 2.45) is 5.73 Å². The lowest BCUT2D eigenvalue weighted by molar-refractivity contribution is 0.0996. The Morgan fingerprint density at radius 1 is 1.03 bits per heavy atom. The number of nitrogens with one attached hydrogen (secondary N) is 1. The van der Waals surface area contributed by atoms with Gasteiger partial charge in [0.05, 0.1) is 29.2 Å². The molecule has 9 nitrogen and oxygen atoms in total. The number of carbonyl (C=O) groups is 2. The van der Waals surface area contributed by atoms with Gasteiger partial charge >= 0.3 is 0 Å². The molecule has 33 heavy (non-hydrogen) atoms. The van der Waals surface area contributed by atoms with Gasteiger partial charge in [-0.2, -0.15) is 5.10 Å². The molecule has 4 aromatic heterocycles. The monoisotopic (exact) mass is 445 g/mol. The van der Waals surface area contributed by atoms with Gasteiger partial charge in [0.15, 0.2) is 5.82 Å². The van der Waals surface area contributed by atoms with Crippen molar-refractivity contribution in [2.75, 3.05) is 0 Å². The zero-order chi connectivity index (χ0) is 23.1. The van der Waals surface area contributed by atoms with E-state index in [1.165, 1.54) is 24.8 Å². The van der Waals surface area contributed by atoms with E-state index in [9.17, 15) is 18.4 Å². The summed E-state index contributed by atoms with van der Waals surface area (Å²) in [6.07, 6.45) is 9.20. The van der Waals surface area contributed by atoms with Crippen LogP contribution in [0.5, 0.6) is 0 Å². The van der Waals surface area contributed by atoms with Gasteiger partial charge in [0, 0.05) is 41.3 Å². The molecule has 0 bridgehead atoms. The van der Waals surface area contributed by atoms with E-state index in [-0.39, 0.29) is 5.56 Å². The van der Waals surface area contributed by atoms with Gasteiger partial charge < -0.3 is 10.7 Å². The van der Waals surface area contributed by atoms with Crippen molar-refractivity contribution >= 4 is 22.7 Å². The molecule has 4 heterocycles. The minimum absolute atomic E-state index is 0.0279.